The SMILES string of the molecule is CN(C)/C=C/C(O)=C(\SC1=CCCC=C1)C(=O)OCC(C)(C)C. The van der Waals surface area contributed by atoms with Crippen LogP contribution in [0.5, 0.6) is 0 Å². The van der Waals surface area contributed by atoms with Gasteiger partial charge in [0.25, 0.3) is 0 Å². The smallest absolute Gasteiger partial charge is 0.348 e. The molecular weight excluding hydrogens is 310 g/mol. The Hall–Kier alpha value is -1.62. The van der Waals surface area contributed by atoms with Gasteiger partial charge >= 0.3 is 5.97 Å². The van der Waals surface area contributed by atoms with Crippen molar-refractivity contribution in [1.29, 1.82) is 0 Å². The number of allylic oxidation sites excluding steroid dienone is 4. The molecule has 0 aromatic carbocycles. The molecule has 0 bridgehead atoms. The third-order valence-electron chi connectivity index (χ3n) is 2.77. The maximum atomic E-state index is 12.4. The molecule has 5 heteroatoms. The van der Waals surface area contributed by atoms with E-state index in [1.807, 2.05) is 40.9 Å². The quantitative estimate of drug-likeness (QED) is 0.337. The van der Waals surface area contributed by atoms with Gasteiger partial charge in [0.2, 0.25) is 0 Å². The van der Waals surface area contributed by atoms with Gasteiger partial charge in [-0.2, -0.15) is 0 Å². The van der Waals surface area contributed by atoms with E-state index >= 15 is 0 Å². The molecule has 0 atom stereocenters. The summed E-state index contributed by atoms with van der Waals surface area (Å²) in [5, 5.41) is 10.3. The first-order valence-electron chi connectivity index (χ1n) is 7.68. The second-order valence-corrected chi connectivity index (χ2v) is 7.90. The molecule has 0 amide bonds. The van der Waals surface area contributed by atoms with Crippen LogP contribution in [0.15, 0.2) is 46.1 Å². The molecule has 0 unspecified atom stereocenters. The lowest BCUT2D eigenvalue weighted by atomic mass is 9.99. The molecule has 0 aromatic rings. The number of thioether (sulfide) groups is 1. The number of nitrogens with zero attached hydrogens (tertiary/aromatic N) is 1. The molecule has 0 saturated carbocycles. The Labute approximate surface area is 143 Å². The van der Waals surface area contributed by atoms with Gasteiger partial charge in [0, 0.05) is 25.2 Å². The minimum absolute atomic E-state index is 0.0810. The molecule has 1 rings (SSSR count). The molecule has 1 N–H and O–H groups in total. The highest BCUT2D eigenvalue weighted by atomic mass is 32.2. The van der Waals surface area contributed by atoms with Crippen molar-refractivity contribution in [3.63, 3.8) is 0 Å². The normalized spacial score (nSPS) is 16.1. The van der Waals surface area contributed by atoms with E-state index in [0.717, 1.165) is 17.7 Å². The first kappa shape index (κ1) is 19.4. The Morgan fingerprint density at radius 1 is 1.39 bits per heavy atom. The lowest BCUT2D eigenvalue weighted by Crippen LogP contribution is -2.19. The number of hydrogen-bond acceptors (Lipinski definition) is 5. The van der Waals surface area contributed by atoms with Gasteiger partial charge in [-0.3, -0.25) is 0 Å². The van der Waals surface area contributed by atoms with E-state index in [2.05, 4.69) is 12.2 Å². The maximum absolute atomic E-state index is 12.4. The van der Waals surface area contributed by atoms with E-state index in [0.29, 0.717) is 6.61 Å². The molecule has 0 heterocycles. The third-order valence-corrected chi connectivity index (χ3v) is 3.88. The number of hydrogen-bond donors (Lipinski definition) is 1. The number of esters is 1. The van der Waals surface area contributed by atoms with Gasteiger partial charge in [0.1, 0.15) is 10.7 Å². The van der Waals surface area contributed by atoms with Crippen LogP contribution in [0.1, 0.15) is 33.6 Å². The van der Waals surface area contributed by atoms with Crippen molar-refractivity contribution in [1.82, 2.24) is 4.90 Å². The van der Waals surface area contributed by atoms with Crippen LogP contribution in [0.25, 0.3) is 0 Å². The number of carbonyl (C=O) groups excluding carboxylic acids is 1. The predicted molar refractivity (Wildman–Crippen MR) is 96.9 cm³/mol. The molecule has 1 aliphatic rings. The second-order valence-electron chi connectivity index (χ2n) is 6.82. The van der Waals surface area contributed by atoms with Crippen LogP contribution in [0.2, 0.25) is 0 Å². The van der Waals surface area contributed by atoms with E-state index in [-0.39, 0.29) is 16.1 Å². The summed E-state index contributed by atoms with van der Waals surface area (Å²) in [5.74, 6) is -0.576. The average Bonchev–Trinajstić information content (AvgIpc) is 2.48. The van der Waals surface area contributed by atoms with E-state index in [9.17, 15) is 9.90 Å². The first-order valence-corrected chi connectivity index (χ1v) is 8.50. The van der Waals surface area contributed by atoms with Crippen LogP contribution in [-0.2, 0) is 9.53 Å². The molecule has 0 spiro atoms. The number of aliphatic hydroxyl groups is 1. The van der Waals surface area contributed by atoms with Gasteiger partial charge in [0.15, 0.2) is 0 Å². The number of carbonyl (C=O) groups is 1. The van der Waals surface area contributed by atoms with E-state index in [4.69, 9.17) is 4.74 Å². The molecule has 0 fully saturated rings. The highest BCUT2D eigenvalue weighted by molar-refractivity contribution is 8.07. The summed E-state index contributed by atoms with van der Waals surface area (Å²) in [6.45, 7) is 6.29. The van der Waals surface area contributed by atoms with Crippen LogP contribution >= 0.6 is 11.8 Å². The predicted octanol–water partition coefficient (Wildman–Crippen LogP) is 4.39. The lowest BCUT2D eigenvalue weighted by molar-refractivity contribution is -0.140. The highest BCUT2D eigenvalue weighted by Gasteiger charge is 2.21. The molecule has 0 radical (unpaired) electrons. The first-order chi connectivity index (χ1) is 10.7. The molecule has 0 aliphatic heterocycles. The minimum atomic E-state index is -0.495. The molecular formula is C18H27NO3S. The van der Waals surface area contributed by atoms with Gasteiger partial charge in [-0.25, -0.2) is 4.79 Å². The Kier molecular flexibility index (Phi) is 7.49. The standard InChI is InChI=1S/C18H27NO3S/c1-18(2,3)13-22-17(21)16(15(20)11-12-19(4)5)23-14-9-7-6-8-10-14/h7,9-12,20H,6,8,13H2,1-5H3/b12-11+,16-15+. The molecule has 0 aromatic heterocycles. The van der Waals surface area contributed by atoms with Gasteiger partial charge in [-0.1, -0.05) is 50.8 Å². The van der Waals surface area contributed by atoms with Crippen molar-refractivity contribution in [2.24, 2.45) is 5.41 Å². The average molecular weight is 337 g/mol. The molecule has 0 saturated heterocycles. The fourth-order valence-electron chi connectivity index (χ4n) is 1.62. The summed E-state index contributed by atoms with van der Waals surface area (Å²) >= 11 is 1.24. The second kappa shape index (κ2) is 8.87. The maximum Gasteiger partial charge on any atom is 0.348 e. The van der Waals surface area contributed by atoms with Crippen LogP contribution in [-0.4, -0.2) is 36.7 Å². The Bertz CT molecular complexity index is 537. The van der Waals surface area contributed by atoms with Crippen molar-refractivity contribution < 1.29 is 14.6 Å². The van der Waals surface area contributed by atoms with Crippen molar-refractivity contribution >= 4 is 17.7 Å². The number of ether oxygens (including phenoxy) is 1. The zero-order chi connectivity index (χ0) is 17.5. The molecule has 4 nitrogen and oxygen atoms in total. The summed E-state index contributed by atoms with van der Waals surface area (Å²) in [6, 6.07) is 0. The van der Waals surface area contributed by atoms with Crippen LogP contribution in [0.3, 0.4) is 0 Å². The van der Waals surface area contributed by atoms with Gasteiger partial charge < -0.3 is 14.7 Å². The Morgan fingerprint density at radius 2 is 2.09 bits per heavy atom. The Balaban J connectivity index is 2.95. The van der Waals surface area contributed by atoms with E-state index < -0.39 is 5.97 Å². The van der Waals surface area contributed by atoms with Crippen molar-refractivity contribution in [2.45, 2.75) is 33.6 Å². The van der Waals surface area contributed by atoms with Crippen LogP contribution in [0, 0.1) is 5.41 Å². The fraction of sp³-hybridized carbons (Fsp3) is 0.500. The molecule has 23 heavy (non-hydrogen) atoms. The lowest BCUT2D eigenvalue weighted by Gasteiger charge is -2.19. The van der Waals surface area contributed by atoms with E-state index in [1.54, 1.807) is 11.1 Å². The van der Waals surface area contributed by atoms with Crippen molar-refractivity contribution in [3.8, 4) is 0 Å². The van der Waals surface area contributed by atoms with Gasteiger partial charge in [0.05, 0.1) is 6.61 Å². The zero-order valence-electron chi connectivity index (χ0n) is 14.6. The monoisotopic (exact) mass is 337 g/mol. The zero-order valence-corrected chi connectivity index (χ0v) is 15.4. The summed E-state index contributed by atoms with van der Waals surface area (Å²) in [7, 11) is 3.70. The van der Waals surface area contributed by atoms with Crippen LogP contribution < -0.4 is 0 Å². The summed E-state index contributed by atoms with van der Waals surface area (Å²) in [5.41, 5.74) is -0.120. The Morgan fingerprint density at radius 3 is 2.61 bits per heavy atom. The van der Waals surface area contributed by atoms with Gasteiger partial charge in [-0.15, -0.1) is 0 Å². The fourth-order valence-corrected chi connectivity index (χ4v) is 2.54. The van der Waals surface area contributed by atoms with Crippen molar-refractivity contribution in [3.05, 3.63) is 46.1 Å². The summed E-state index contributed by atoms with van der Waals surface area (Å²) < 4.78 is 5.36. The van der Waals surface area contributed by atoms with Gasteiger partial charge in [-0.05, 0) is 24.3 Å². The topological polar surface area (TPSA) is 49.8 Å². The van der Waals surface area contributed by atoms with Crippen molar-refractivity contribution in [2.75, 3.05) is 20.7 Å². The largest absolute Gasteiger partial charge is 0.506 e. The summed E-state index contributed by atoms with van der Waals surface area (Å²) in [6.07, 6.45) is 11.2. The number of rotatable bonds is 6. The minimum Gasteiger partial charge on any atom is -0.506 e. The van der Waals surface area contributed by atoms with E-state index in [1.165, 1.54) is 17.8 Å². The summed E-state index contributed by atoms with van der Waals surface area (Å²) in [4.78, 5) is 15.3. The number of aliphatic hydroxyl groups excluding tert-OH is 1. The van der Waals surface area contributed by atoms with Crippen LogP contribution in [0.4, 0.5) is 0 Å². The third kappa shape index (κ3) is 7.98. The molecule has 128 valence electrons. The highest BCUT2D eigenvalue weighted by Crippen LogP contribution is 2.32. The molecule has 1 aliphatic carbocycles.